The highest BCUT2D eigenvalue weighted by atomic mass is 79.9. The van der Waals surface area contributed by atoms with Gasteiger partial charge in [0, 0.05) is 11.5 Å². The molecule has 0 saturated heterocycles. The second-order valence-corrected chi connectivity index (χ2v) is 3.08. The van der Waals surface area contributed by atoms with Gasteiger partial charge in [-0.1, -0.05) is 21.1 Å². The van der Waals surface area contributed by atoms with Gasteiger partial charge in [-0.05, 0) is 0 Å². The molecule has 2 rings (SSSR count). The molecule has 0 aromatic carbocycles. The van der Waals surface area contributed by atoms with Crippen LogP contribution in [0, 0.1) is 0 Å². The normalized spacial score (nSPS) is 10.5. The molecule has 0 spiro atoms. The molecular formula is C7H7BrN4O. The first-order valence-electron chi connectivity index (χ1n) is 3.70. The summed E-state index contributed by atoms with van der Waals surface area (Å²) in [6.45, 7) is 0.594. The molecule has 0 amide bonds. The van der Waals surface area contributed by atoms with Gasteiger partial charge in [0.15, 0.2) is 5.82 Å². The van der Waals surface area contributed by atoms with E-state index in [1.54, 1.807) is 6.33 Å². The Hall–Kier alpha value is -1.17. The molecule has 0 aliphatic carbocycles. The molecule has 5 nitrogen and oxygen atoms in total. The van der Waals surface area contributed by atoms with E-state index < -0.39 is 0 Å². The second-order valence-electron chi connectivity index (χ2n) is 2.52. The number of hydrogen-bond donors (Lipinski definition) is 0. The number of aromatic nitrogens is 4. The van der Waals surface area contributed by atoms with Crippen molar-refractivity contribution in [2.45, 2.75) is 11.9 Å². The van der Waals surface area contributed by atoms with Gasteiger partial charge in [0.2, 0.25) is 6.39 Å². The molecule has 2 aromatic rings. The number of imidazole rings is 1. The first-order valence-corrected chi connectivity index (χ1v) is 4.82. The molecule has 2 aromatic heterocycles. The standard InChI is InChI=1S/C7H7BrN4O/c8-1-6-2-12(4-9-6)3-7-10-5-13-11-7/h2,4-5H,1,3H2. The molecule has 0 radical (unpaired) electrons. The van der Waals surface area contributed by atoms with Gasteiger partial charge in [-0.2, -0.15) is 4.98 Å². The van der Waals surface area contributed by atoms with Gasteiger partial charge in [0.25, 0.3) is 0 Å². The predicted molar refractivity (Wildman–Crippen MR) is 48.3 cm³/mol. The fourth-order valence-electron chi connectivity index (χ4n) is 0.987. The minimum absolute atomic E-state index is 0.594. The Morgan fingerprint density at radius 3 is 3.00 bits per heavy atom. The van der Waals surface area contributed by atoms with Crippen molar-refractivity contribution < 1.29 is 4.52 Å². The van der Waals surface area contributed by atoms with Crippen LogP contribution in [-0.4, -0.2) is 19.7 Å². The van der Waals surface area contributed by atoms with E-state index in [1.165, 1.54) is 6.39 Å². The lowest BCUT2D eigenvalue weighted by Gasteiger charge is -1.93. The van der Waals surface area contributed by atoms with Crippen LogP contribution in [0.2, 0.25) is 0 Å². The van der Waals surface area contributed by atoms with Crippen LogP contribution in [0.3, 0.4) is 0 Å². The maximum absolute atomic E-state index is 4.62. The third kappa shape index (κ3) is 1.95. The zero-order valence-electron chi connectivity index (χ0n) is 6.72. The summed E-state index contributed by atoms with van der Waals surface area (Å²) >= 11 is 3.32. The van der Waals surface area contributed by atoms with Crippen molar-refractivity contribution in [2.75, 3.05) is 0 Å². The van der Waals surface area contributed by atoms with E-state index in [0.29, 0.717) is 12.4 Å². The van der Waals surface area contributed by atoms with E-state index in [4.69, 9.17) is 0 Å². The van der Waals surface area contributed by atoms with E-state index in [0.717, 1.165) is 11.0 Å². The molecule has 13 heavy (non-hydrogen) atoms. The monoisotopic (exact) mass is 242 g/mol. The highest BCUT2D eigenvalue weighted by Crippen LogP contribution is 2.03. The topological polar surface area (TPSA) is 56.7 Å². The number of alkyl halides is 1. The van der Waals surface area contributed by atoms with Gasteiger partial charge in [-0.3, -0.25) is 0 Å². The van der Waals surface area contributed by atoms with Crippen molar-refractivity contribution in [3.8, 4) is 0 Å². The minimum Gasteiger partial charge on any atom is -0.343 e. The van der Waals surface area contributed by atoms with E-state index in [-0.39, 0.29) is 0 Å². The Balaban J connectivity index is 2.10. The molecule has 2 heterocycles. The summed E-state index contributed by atoms with van der Waals surface area (Å²) in [4.78, 5) is 8.05. The molecule has 0 aliphatic heterocycles. The molecule has 6 heteroatoms. The lowest BCUT2D eigenvalue weighted by atomic mass is 10.5. The highest BCUT2D eigenvalue weighted by Gasteiger charge is 2.01. The van der Waals surface area contributed by atoms with Gasteiger partial charge in [-0.25, -0.2) is 4.98 Å². The molecular weight excluding hydrogens is 236 g/mol. The fourth-order valence-corrected chi connectivity index (χ4v) is 1.28. The van der Waals surface area contributed by atoms with Crippen LogP contribution in [0.25, 0.3) is 0 Å². The summed E-state index contributed by atoms with van der Waals surface area (Å²) in [6.07, 6.45) is 5.00. The van der Waals surface area contributed by atoms with Crippen LogP contribution >= 0.6 is 15.9 Å². The molecule has 0 saturated carbocycles. The number of rotatable bonds is 3. The van der Waals surface area contributed by atoms with Crippen LogP contribution in [-0.2, 0) is 11.9 Å². The van der Waals surface area contributed by atoms with E-state index in [2.05, 4.69) is 35.6 Å². The summed E-state index contributed by atoms with van der Waals surface area (Å²) in [5.41, 5.74) is 0.989. The summed E-state index contributed by atoms with van der Waals surface area (Å²) in [7, 11) is 0. The SMILES string of the molecule is BrCc1cn(Cc2ncon2)cn1. The van der Waals surface area contributed by atoms with Gasteiger partial charge < -0.3 is 9.09 Å². The van der Waals surface area contributed by atoms with Gasteiger partial charge >= 0.3 is 0 Å². The lowest BCUT2D eigenvalue weighted by molar-refractivity contribution is 0.408. The Morgan fingerprint density at radius 1 is 1.46 bits per heavy atom. The number of hydrogen-bond acceptors (Lipinski definition) is 4. The van der Waals surface area contributed by atoms with Crippen molar-refractivity contribution in [3.05, 3.63) is 30.4 Å². The highest BCUT2D eigenvalue weighted by molar-refractivity contribution is 9.08. The Morgan fingerprint density at radius 2 is 2.38 bits per heavy atom. The van der Waals surface area contributed by atoms with Crippen LogP contribution in [0.1, 0.15) is 11.5 Å². The van der Waals surface area contributed by atoms with Crippen LogP contribution < -0.4 is 0 Å². The molecule has 0 fully saturated rings. The quantitative estimate of drug-likeness (QED) is 0.760. The summed E-state index contributed by atoms with van der Waals surface area (Å²) < 4.78 is 6.52. The smallest absolute Gasteiger partial charge is 0.213 e. The first-order chi connectivity index (χ1) is 6.38. The van der Waals surface area contributed by atoms with Crippen molar-refractivity contribution in [1.82, 2.24) is 19.7 Å². The molecule has 0 bridgehead atoms. The third-order valence-corrected chi connectivity index (χ3v) is 2.13. The summed E-state index contributed by atoms with van der Waals surface area (Å²) in [5.74, 6) is 0.651. The zero-order valence-corrected chi connectivity index (χ0v) is 8.31. The van der Waals surface area contributed by atoms with Crippen molar-refractivity contribution in [3.63, 3.8) is 0 Å². The summed E-state index contributed by atoms with van der Waals surface area (Å²) in [5, 5.41) is 4.46. The molecule has 0 aliphatic rings. The Bertz CT molecular complexity index is 370. The van der Waals surface area contributed by atoms with E-state index in [9.17, 15) is 0 Å². The Kier molecular flexibility index (Phi) is 2.40. The van der Waals surface area contributed by atoms with Crippen LogP contribution in [0.5, 0.6) is 0 Å². The van der Waals surface area contributed by atoms with Gasteiger partial charge in [0.1, 0.15) is 0 Å². The van der Waals surface area contributed by atoms with E-state index in [1.807, 2.05) is 10.8 Å². The van der Waals surface area contributed by atoms with E-state index >= 15 is 0 Å². The van der Waals surface area contributed by atoms with Gasteiger partial charge in [0.05, 0.1) is 18.6 Å². The molecule has 0 atom stereocenters. The zero-order chi connectivity index (χ0) is 9.10. The molecule has 0 unspecified atom stereocenters. The average Bonchev–Trinajstić information content (AvgIpc) is 2.76. The second kappa shape index (κ2) is 3.69. The van der Waals surface area contributed by atoms with Crippen LogP contribution in [0.15, 0.2) is 23.4 Å². The number of nitrogens with zero attached hydrogens (tertiary/aromatic N) is 4. The molecule has 0 N–H and O–H groups in total. The predicted octanol–water partition coefficient (Wildman–Crippen LogP) is 1.21. The summed E-state index contributed by atoms with van der Waals surface area (Å²) in [6, 6.07) is 0. The maximum atomic E-state index is 4.62. The average molecular weight is 243 g/mol. The lowest BCUT2D eigenvalue weighted by Crippen LogP contribution is -1.97. The third-order valence-electron chi connectivity index (χ3n) is 1.55. The minimum atomic E-state index is 0.594. The Labute approximate surface area is 82.9 Å². The van der Waals surface area contributed by atoms with Gasteiger partial charge in [-0.15, -0.1) is 0 Å². The van der Waals surface area contributed by atoms with Crippen LogP contribution in [0.4, 0.5) is 0 Å². The number of halogens is 1. The maximum Gasteiger partial charge on any atom is 0.213 e. The van der Waals surface area contributed by atoms with Crippen molar-refractivity contribution in [2.24, 2.45) is 0 Å². The molecule has 68 valence electrons. The first kappa shape index (κ1) is 8.43. The van der Waals surface area contributed by atoms with Crippen molar-refractivity contribution in [1.29, 1.82) is 0 Å². The fraction of sp³-hybridized carbons (Fsp3) is 0.286. The largest absolute Gasteiger partial charge is 0.343 e. The van der Waals surface area contributed by atoms with Crippen molar-refractivity contribution >= 4 is 15.9 Å².